The van der Waals surface area contributed by atoms with Crippen molar-refractivity contribution in [3.8, 4) is 0 Å². The van der Waals surface area contributed by atoms with E-state index in [0.717, 1.165) is 36.7 Å². The largest absolute Gasteiger partial charge is 0.360 e. The molecule has 3 rings (SSSR count). The minimum Gasteiger partial charge on any atom is -0.360 e. The van der Waals surface area contributed by atoms with E-state index < -0.39 is 10.8 Å². The molecule has 2 aromatic rings. The molecule has 6 nitrogen and oxygen atoms in total. The van der Waals surface area contributed by atoms with Crippen molar-refractivity contribution in [3.05, 3.63) is 52.9 Å². The lowest BCUT2D eigenvalue weighted by atomic mass is 10.1. The number of nitrogens with zero attached hydrogens (tertiary/aromatic N) is 3. The van der Waals surface area contributed by atoms with Crippen molar-refractivity contribution in [2.75, 3.05) is 32.4 Å². The van der Waals surface area contributed by atoms with E-state index in [1.165, 1.54) is 0 Å². The lowest BCUT2D eigenvalue weighted by Gasteiger charge is -2.34. The van der Waals surface area contributed by atoms with Gasteiger partial charge in [-0.2, -0.15) is 0 Å². The molecule has 0 spiro atoms. The van der Waals surface area contributed by atoms with Gasteiger partial charge in [-0.1, -0.05) is 17.3 Å². The maximum absolute atomic E-state index is 12.7. The van der Waals surface area contributed by atoms with Crippen LogP contribution >= 0.6 is 0 Å². The Morgan fingerprint density at radius 3 is 2.64 bits per heavy atom. The average molecular weight is 361 g/mol. The van der Waals surface area contributed by atoms with Gasteiger partial charge in [-0.3, -0.25) is 13.9 Å². The summed E-state index contributed by atoms with van der Waals surface area (Å²) in [6.45, 7) is 5.63. The fourth-order valence-corrected chi connectivity index (χ4v) is 3.68. The number of carbonyl (C=O) groups excluding carboxylic acids is 1. The monoisotopic (exact) mass is 361 g/mol. The Labute approximate surface area is 150 Å². The number of carbonyl (C=O) groups is 1. The molecule has 1 aromatic heterocycles. The number of piperazine rings is 1. The second kappa shape index (κ2) is 7.93. The Kier molecular flexibility index (Phi) is 5.65. The SMILES string of the molecule is Cc1cc(CN2CCN(C(=O)c3cccc(CS(C)=O)c3)CC2)on1. The molecule has 1 aromatic carbocycles. The molecule has 1 unspecified atom stereocenters. The van der Waals surface area contributed by atoms with Crippen LogP contribution in [-0.2, 0) is 23.1 Å². The molecule has 1 aliphatic rings. The normalized spacial score (nSPS) is 16.8. The van der Waals surface area contributed by atoms with Crippen LogP contribution in [0.25, 0.3) is 0 Å². The van der Waals surface area contributed by atoms with Crippen molar-refractivity contribution in [3.63, 3.8) is 0 Å². The molecule has 134 valence electrons. The van der Waals surface area contributed by atoms with Crippen LogP contribution in [0.2, 0.25) is 0 Å². The molecule has 0 aliphatic carbocycles. The molecule has 1 aliphatic heterocycles. The number of rotatable bonds is 5. The molecule has 0 saturated carbocycles. The third kappa shape index (κ3) is 4.76. The molecule has 0 radical (unpaired) electrons. The second-order valence-corrected chi connectivity index (χ2v) is 7.86. The van der Waals surface area contributed by atoms with Crippen LogP contribution < -0.4 is 0 Å². The zero-order valence-corrected chi connectivity index (χ0v) is 15.4. The van der Waals surface area contributed by atoms with Gasteiger partial charge in [-0.15, -0.1) is 0 Å². The third-order valence-electron chi connectivity index (χ3n) is 4.26. The molecule has 1 atom stereocenters. The highest BCUT2D eigenvalue weighted by Crippen LogP contribution is 2.14. The molecular weight excluding hydrogens is 338 g/mol. The second-order valence-electron chi connectivity index (χ2n) is 6.42. The summed E-state index contributed by atoms with van der Waals surface area (Å²) in [6.07, 6.45) is 1.67. The summed E-state index contributed by atoms with van der Waals surface area (Å²) >= 11 is 0. The molecule has 1 amide bonds. The highest BCUT2D eigenvalue weighted by molar-refractivity contribution is 7.83. The average Bonchev–Trinajstić information content (AvgIpc) is 2.99. The van der Waals surface area contributed by atoms with Crippen molar-refractivity contribution < 1.29 is 13.5 Å². The Morgan fingerprint density at radius 1 is 1.24 bits per heavy atom. The molecule has 7 heteroatoms. The molecule has 2 heterocycles. The molecule has 1 fully saturated rings. The van der Waals surface area contributed by atoms with Gasteiger partial charge in [0.1, 0.15) is 0 Å². The minimum absolute atomic E-state index is 0.0406. The van der Waals surface area contributed by atoms with Crippen molar-refractivity contribution in [2.45, 2.75) is 19.2 Å². The quantitative estimate of drug-likeness (QED) is 0.813. The number of aromatic nitrogens is 1. The Hall–Kier alpha value is -1.99. The van der Waals surface area contributed by atoms with Gasteiger partial charge in [-0.25, -0.2) is 0 Å². The first-order chi connectivity index (χ1) is 12.0. The Morgan fingerprint density at radius 2 is 2.00 bits per heavy atom. The van der Waals surface area contributed by atoms with Crippen LogP contribution in [0, 0.1) is 6.92 Å². The van der Waals surface area contributed by atoms with Gasteiger partial charge in [0.05, 0.1) is 12.2 Å². The number of hydrogen-bond acceptors (Lipinski definition) is 5. The predicted octanol–water partition coefficient (Wildman–Crippen LogP) is 1.82. The van der Waals surface area contributed by atoms with Crippen LogP contribution in [0.15, 0.2) is 34.9 Å². The van der Waals surface area contributed by atoms with Crippen molar-refractivity contribution in [1.82, 2.24) is 15.0 Å². The summed E-state index contributed by atoms with van der Waals surface area (Å²) in [4.78, 5) is 16.9. The van der Waals surface area contributed by atoms with Crippen molar-refractivity contribution in [1.29, 1.82) is 0 Å². The van der Waals surface area contributed by atoms with Crippen molar-refractivity contribution >= 4 is 16.7 Å². The van der Waals surface area contributed by atoms with Crippen molar-refractivity contribution in [2.24, 2.45) is 0 Å². The maximum atomic E-state index is 12.7. The maximum Gasteiger partial charge on any atom is 0.253 e. The third-order valence-corrected chi connectivity index (χ3v) is 5.00. The van der Waals surface area contributed by atoms with Crippen LogP contribution in [-0.4, -0.2) is 57.5 Å². The van der Waals surface area contributed by atoms with Crippen LogP contribution in [0.4, 0.5) is 0 Å². The summed E-state index contributed by atoms with van der Waals surface area (Å²) in [5, 5.41) is 3.91. The summed E-state index contributed by atoms with van der Waals surface area (Å²) in [6, 6.07) is 9.40. The molecule has 0 N–H and O–H groups in total. The smallest absolute Gasteiger partial charge is 0.253 e. The van der Waals surface area contributed by atoms with E-state index in [1.54, 1.807) is 6.26 Å². The highest BCUT2D eigenvalue weighted by atomic mass is 32.2. The molecule has 25 heavy (non-hydrogen) atoms. The number of benzene rings is 1. The Bertz CT molecular complexity index is 766. The number of aryl methyl sites for hydroxylation is 1. The first kappa shape index (κ1) is 17.8. The fraction of sp³-hybridized carbons (Fsp3) is 0.444. The summed E-state index contributed by atoms with van der Waals surface area (Å²) in [5.74, 6) is 1.38. The fourth-order valence-electron chi connectivity index (χ4n) is 3.03. The predicted molar refractivity (Wildman–Crippen MR) is 96.6 cm³/mol. The minimum atomic E-state index is -0.911. The number of amides is 1. The molecule has 0 bridgehead atoms. The van der Waals surface area contributed by atoms with E-state index in [4.69, 9.17) is 4.52 Å². The van der Waals surface area contributed by atoms with E-state index in [-0.39, 0.29) is 5.91 Å². The summed E-state index contributed by atoms with van der Waals surface area (Å²) in [7, 11) is -0.911. The molecular formula is C18H23N3O3S. The first-order valence-electron chi connectivity index (χ1n) is 8.34. The van der Waals surface area contributed by atoms with E-state index >= 15 is 0 Å². The van der Waals surface area contributed by atoms with E-state index in [2.05, 4.69) is 10.1 Å². The van der Waals surface area contributed by atoms with Crippen LogP contribution in [0.3, 0.4) is 0 Å². The molecule has 1 saturated heterocycles. The van der Waals surface area contributed by atoms with E-state index in [9.17, 15) is 9.00 Å². The van der Waals surface area contributed by atoms with E-state index in [1.807, 2.05) is 42.2 Å². The van der Waals surface area contributed by atoms with Gasteiger partial charge in [0.25, 0.3) is 5.91 Å². The summed E-state index contributed by atoms with van der Waals surface area (Å²) < 4.78 is 16.6. The van der Waals surface area contributed by atoms with Gasteiger partial charge >= 0.3 is 0 Å². The lowest BCUT2D eigenvalue weighted by Crippen LogP contribution is -2.48. The zero-order valence-electron chi connectivity index (χ0n) is 14.6. The number of hydrogen-bond donors (Lipinski definition) is 0. The van der Waals surface area contributed by atoms with Gasteiger partial charge in [-0.05, 0) is 24.6 Å². The zero-order chi connectivity index (χ0) is 17.8. The standard InChI is InChI=1S/C18H23N3O3S/c1-14-10-17(24-19-14)12-20-6-8-21(9-7-20)18(22)16-5-3-4-15(11-16)13-25(2)23/h3-5,10-11H,6-9,12-13H2,1-2H3. The summed E-state index contributed by atoms with van der Waals surface area (Å²) in [5.41, 5.74) is 2.49. The van der Waals surface area contributed by atoms with Gasteiger partial charge in [0.2, 0.25) is 0 Å². The van der Waals surface area contributed by atoms with Crippen LogP contribution in [0.1, 0.15) is 27.4 Å². The van der Waals surface area contributed by atoms with Gasteiger partial charge < -0.3 is 9.42 Å². The first-order valence-corrected chi connectivity index (χ1v) is 10.1. The lowest BCUT2D eigenvalue weighted by molar-refractivity contribution is 0.0617. The Balaban J connectivity index is 1.57. The van der Waals surface area contributed by atoms with E-state index in [0.29, 0.717) is 24.4 Å². The van der Waals surface area contributed by atoms with Crippen LogP contribution in [0.5, 0.6) is 0 Å². The van der Waals surface area contributed by atoms with Gasteiger partial charge in [0.15, 0.2) is 5.76 Å². The highest BCUT2D eigenvalue weighted by Gasteiger charge is 2.23. The topological polar surface area (TPSA) is 66.7 Å². The van der Waals surface area contributed by atoms with Gasteiger partial charge in [0, 0.05) is 60.6 Å².